The van der Waals surface area contributed by atoms with Gasteiger partial charge in [0.15, 0.2) is 5.78 Å². The molecule has 0 N–H and O–H groups in total. The van der Waals surface area contributed by atoms with Gasteiger partial charge < -0.3 is 0 Å². The number of allylic oxidation sites excluding steroid dienone is 4. The summed E-state index contributed by atoms with van der Waals surface area (Å²) in [5, 5.41) is 0. The molecule has 4 saturated carbocycles. The van der Waals surface area contributed by atoms with E-state index in [0.29, 0.717) is 33.4 Å². The molecule has 166 valence electrons. The van der Waals surface area contributed by atoms with E-state index in [1.165, 1.54) is 57.8 Å². The second-order valence-electron chi connectivity index (χ2n) is 13.0. The zero-order chi connectivity index (χ0) is 21.5. The quantitative estimate of drug-likeness (QED) is 0.341. The molecule has 1 nitrogen and oxygen atoms in total. The number of carbonyl (C=O) groups is 1. The molecule has 5 rings (SSSR count). The molecule has 0 aromatic carbocycles. The summed E-state index contributed by atoms with van der Waals surface area (Å²) in [6.07, 6.45) is 18.0. The van der Waals surface area contributed by atoms with E-state index in [4.69, 9.17) is 0 Å². The van der Waals surface area contributed by atoms with Gasteiger partial charge in [-0.15, -0.1) is 0 Å². The number of hydrogen-bond donors (Lipinski definition) is 0. The summed E-state index contributed by atoms with van der Waals surface area (Å²) in [4.78, 5) is 12.6. The van der Waals surface area contributed by atoms with E-state index in [2.05, 4.69) is 33.8 Å². The molecule has 0 aliphatic heterocycles. The van der Waals surface area contributed by atoms with Crippen molar-refractivity contribution in [1.82, 2.24) is 0 Å². The van der Waals surface area contributed by atoms with Crippen molar-refractivity contribution in [1.29, 1.82) is 0 Å². The second kappa shape index (κ2) is 6.58. The van der Waals surface area contributed by atoms with Crippen LogP contribution in [0.15, 0.2) is 23.3 Å². The smallest absolute Gasteiger partial charge is 0.155 e. The Bertz CT molecular complexity index is 814. The molecular weight excluding hydrogens is 364 g/mol. The zero-order valence-corrected chi connectivity index (χ0v) is 20.4. The molecule has 5 aliphatic carbocycles. The van der Waals surface area contributed by atoms with Crippen molar-refractivity contribution in [2.45, 2.75) is 106 Å². The highest BCUT2D eigenvalue weighted by Crippen LogP contribution is 2.87. The first-order valence-corrected chi connectivity index (χ1v) is 12.9. The molecule has 0 aromatic rings. The normalized spacial score (nSPS) is 49.7. The molecule has 4 fully saturated rings. The first-order chi connectivity index (χ1) is 14.1. The van der Waals surface area contributed by atoms with E-state index in [9.17, 15) is 4.79 Å². The van der Waals surface area contributed by atoms with E-state index in [0.717, 1.165) is 29.7 Å². The monoisotopic (exact) mass is 408 g/mol. The Morgan fingerprint density at radius 3 is 2.57 bits per heavy atom. The van der Waals surface area contributed by atoms with Crippen LogP contribution in [0.1, 0.15) is 106 Å². The highest BCUT2D eigenvalue weighted by Gasteiger charge is 2.80. The molecule has 30 heavy (non-hydrogen) atoms. The van der Waals surface area contributed by atoms with Gasteiger partial charge in [0.25, 0.3) is 0 Å². The minimum absolute atomic E-state index is 0.345. The minimum Gasteiger partial charge on any atom is -0.295 e. The Morgan fingerprint density at radius 2 is 1.83 bits per heavy atom. The van der Waals surface area contributed by atoms with Crippen LogP contribution in [0.5, 0.6) is 0 Å². The van der Waals surface area contributed by atoms with E-state index in [1.54, 1.807) is 5.57 Å². The molecule has 2 spiro atoms. The fourth-order valence-corrected chi connectivity index (χ4v) is 10.4. The molecular formula is C29H44O. The lowest BCUT2D eigenvalue weighted by Crippen LogP contribution is -2.54. The van der Waals surface area contributed by atoms with Gasteiger partial charge in [-0.1, -0.05) is 38.0 Å². The summed E-state index contributed by atoms with van der Waals surface area (Å²) in [5.41, 5.74) is 5.10. The van der Waals surface area contributed by atoms with Gasteiger partial charge in [-0.05, 0) is 130 Å². The Balaban J connectivity index is 1.41. The molecule has 0 aromatic heterocycles. The van der Waals surface area contributed by atoms with Crippen molar-refractivity contribution < 1.29 is 4.79 Å². The van der Waals surface area contributed by atoms with Crippen LogP contribution in [-0.2, 0) is 4.79 Å². The van der Waals surface area contributed by atoms with Crippen molar-refractivity contribution in [3.8, 4) is 0 Å². The molecule has 0 heterocycles. The molecule has 8 atom stereocenters. The third-order valence-electron chi connectivity index (χ3n) is 11.8. The summed E-state index contributed by atoms with van der Waals surface area (Å²) in [6.45, 7) is 14.2. The number of ketones is 1. The maximum Gasteiger partial charge on any atom is 0.155 e. The molecule has 0 saturated heterocycles. The van der Waals surface area contributed by atoms with Crippen molar-refractivity contribution >= 4 is 5.78 Å². The van der Waals surface area contributed by atoms with Gasteiger partial charge in [0.1, 0.15) is 0 Å². The van der Waals surface area contributed by atoms with E-state index >= 15 is 0 Å². The maximum absolute atomic E-state index is 12.6. The van der Waals surface area contributed by atoms with Crippen LogP contribution in [-0.4, -0.2) is 5.78 Å². The van der Waals surface area contributed by atoms with Crippen molar-refractivity contribution in [3.63, 3.8) is 0 Å². The van der Waals surface area contributed by atoms with Crippen LogP contribution < -0.4 is 0 Å². The average Bonchev–Trinajstić information content (AvgIpc) is 3.22. The molecule has 0 bridgehead atoms. The lowest BCUT2D eigenvalue weighted by atomic mass is 9.43. The summed E-state index contributed by atoms with van der Waals surface area (Å²) < 4.78 is 0. The Labute approximate surface area is 185 Å². The largest absolute Gasteiger partial charge is 0.295 e. The average molecular weight is 409 g/mol. The fourth-order valence-electron chi connectivity index (χ4n) is 10.4. The molecule has 0 amide bonds. The fraction of sp³-hybridized carbons (Fsp3) is 0.828. The summed E-state index contributed by atoms with van der Waals surface area (Å²) in [6, 6.07) is 0. The van der Waals surface area contributed by atoms with E-state index in [1.807, 2.05) is 19.9 Å². The summed E-state index contributed by atoms with van der Waals surface area (Å²) in [5.74, 6) is 3.40. The predicted octanol–water partition coefficient (Wildman–Crippen LogP) is 7.91. The van der Waals surface area contributed by atoms with Gasteiger partial charge in [-0.25, -0.2) is 0 Å². The lowest BCUT2D eigenvalue weighted by Gasteiger charge is -2.61. The minimum atomic E-state index is 0.345. The number of carbonyl (C=O) groups excluding carboxylic acids is 1. The first kappa shape index (κ1) is 21.0. The van der Waals surface area contributed by atoms with Crippen molar-refractivity contribution in [2.24, 2.45) is 45.3 Å². The Hall–Kier alpha value is -0.850. The predicted molar refractivity (Wildman–Crippen MR) is 125 cm³/mol. The van der Waals surface area contributed by atoms with Crippen LogP contribution in [0, 0.1) is 45.3 Å². The van der Waals surface area contributed by atoms with Crippen LogP contribution in [0.4, 0.5) is 0 Å². The van der Waals surface area contributed by atoms with Crippen LogP contribution >= 0.6 is 0 Å². The Kier molecular flexibility index (Phi) is 4.61. The Morgan fingerprint density at radius 1 is 1.07 bits per heavy atom. The number of rotatable bonds is 4. The van der Waals surface area contributed by atoms with Gasteiger partial charge in [-0.2, -0.15) is 0 Å². The van der Waals surface area contributed by atoms with Gasteiger partial charge in [0, 0.05) is 6.42 Å². The zero-order valence-electron chi connectivity index (χ0n) is 20.4. The topological polar surface area (TPSA) is 17.1 Å². The van der Waals surface area contributed by atoms with Crippen LogP contribution in [0.3, 0.4) is 0 Å². The molecule has 1 heteroatoms. The van der Waals surface area contributed by atoms with Crippen LogP contribution in [0.2, 0.25) is 0 Å². The van der Waals surface area contributed by atoms with Gasteiger partial charge in [-0.3, -0.25) is 4.79 Å². The maximum atomic E-state index is 12.6. The number of hydrogen-bond acceptors (Lipinski definition) is 1. The third kappa shape index (κ3) is 2.50. The van der Waals surface area contributed by atoms with E-state index in [-0.39, 0.29) is 0 Å². The van der Waals surface area contributed by atoms with Gasteiger partial charge in [0.2, 0.25) is 0 Å². The lowest BCUT2D eigenvalue weighted by molar-refractivity contribution is -0.126. The molecule has 0 unspecified atom stereocenters. The van der Waals surface area contributed by atoms with Gasteiger partial charge in [0.05, 0.1) is 0 Å². The number of fused-ring (bicyclic) bond motifs is 2. The SMILES string of the molecule is CC(C)=CC(=O)C[C@@H](C)[C@H]1CC[C@@]2(C)[C@@H]3CC[C@H]4C(C)=CCC[C@@]45C[C@@]35CC[C@]12C. The third-order valence-corrected chi connectivity index (χ3v) is 11.8. The summed E-state index contributed by atoms with van der Waals surface area (Å²) >= 11 is 0. The highest BCUT2D eigenvalue weighted by atomic mass is 16.1. The van der Waals surface area contributed by atoms with E-state index < -0.39 is 0 Å². The molecule has 0 radical (unpaired) electrons. The second-order valence-corrected chi connectivity index (χ2v) is 13.0. The van der Waals surface area contributed by atoms with Crippen molar-refractivity contribution in [3.05, 3.63) is 23.3 Å². The van der Waals surface area contributed by atoms with Gasteiger partial charge >= 0.3 is 0 Å². The van der Waals surface area contributed by atoms with Crippen molar-refractivity contribution in [2.75, 3.05) is 0 Å². The highest BCUT2D eigenvalue weighted by molar-refractivity contribution is 5.90. The standard InChI is InChI=1S/C29H44O/c1-19(2)16-22(30)17-21(4)23-11-13-27(6)25-10-9-24-20(3)8-7-12-28(24)18-29(25,28)15-14-26(23,27)5/h8,16,21,23-25H,7,9-15,17-18H2,1-6H3/t21-,23-,24+,25+,26-,27+,28-,29+/m1/s1. The molecule has 5 aliphatic rings. The summed E-state index contributed by atoms with van der Waals surface area (Å²) in [7, 11) is 0. The van der Waals surface area contributed by atoms with Crippen LogP contribution in [0.25, 0.3) is 0 Å². The first-order valence-electron chi connectivity index (χ1n) is 12.9.